The summed E-state index contributed by atoms with van der Waals surface area (Å²) in [5.74, 6) is -0.448. The number of hydrogen-bond acceptors (Lipinski definition) is 4. The fourth-order valence-corrected chi connectivity index (χ4v) is 2.88. The van der Waals surface area contributed by atoms with Gasteiger partial charge in [-0.3, -0.25) is 4.99 Å². The predicted octanol–water partition coefficient (Wildman–Crippen LogP) is 3.99. The Bertz CT molecular complexity index is 569. The van der Waals surface area contributed by atoms with E-state index in [1.54, 1.807) is 12.1 Å². The van der Waals surface area contributed by atoms with Crippen LogP contribution in [0.2, 0.25) is 0 Å². The molecule has 1 heterocycles. The van der Waals surface area contributed by atoms with Gasteiger partial charge >= 0.3 is 6.18 Å². The number of hydrogen-bond donors (Lipinski definition) is 3. The molecule has 1 aromatic carbocycles. The molecule has 0 aliphatic carbocycles. The van der Waals surface area contributed by atoms with Crippen LogP contribution in [0.1, 0.15) is 32.1 Å². The van der Waals surface area contributed by atoms with Crippen LogP contribution in [-0.4, -0.2) is 30.3 Å². The van der Waals surface area contributed by atoms with Crippen molar-refractivity contribution in [2.45, 2.75) is 44.3 Å². The molecule has 0 spiro atoms. The Kier molecular flexibility index (Phi) is 6.23. The lowest BCUT2D eigenvalue weighted by molar-refractivity contribution is -0.0638. The lowest BCUT2D eigenvalue weighted by atomic mass is 9.92. The van der Waals surface area contributed by atoms with E-state index < -0.39 is 17.8 Å². The van der Waals surface area contributed by atoms with Crippen molar-refractivity contribution in [3.63, 3.8) is 0 Å². The van der Waals surface area contributed by atoms with Gasteiger partial charge in [-0.15, -0.1) is 0 Å². The third-order valence-corrected chi connectivity index (χ3v) is 4.17. The Morgan fingerprint density at radius 3 is 2.67 bits per heavy atom. The highest BCUT2D eigenvalue weighted by Crippen LogP contribution is 2.27. The molecule has 1 aromatic rings. The lowest BCUT2D eigenvalue weighted by Crippen LogP contribution is -2.36. The standard InChI is InChI=1S/C17H23F3N4/c18-17(19,20)16(22)12(11-23-13-6-2-1-3-7-13)10-14-8-4-5-9-15(21)24-14/h1-3,6-7,12,14,22-23H,4-5,8-11H2,(H2,21,24). The van der Waals surface area contributed by atoms with Crippen molar-refractivity contribution in [3.8, 4) is 0 Å². The lowest BCUT2D eigenvalue weighted by Gasteiger charge is -2.24. The fraction of sp³-hybridized carbons (Fsp3) is 0.529. The van der Waals surface area contributed by atoms with Gasteiger partial charge in [-0.05, 0) is 31.4 Å². The molecule has 0 amide bonds. The summed E-state index contributed by atoms with van der Waals surface area (Å²) < 4.78 is 39.1. The van der Waals surface area contributed by atoms with Crippen LogP contribution in [0.5, 0.6) is 0 Å². The van der Waals surface area contributed by atoms with Crippen molar-refractivity contribution in [2.75, 3.05) is 11.9 Å². The average Bonchev–Trinajstić information content (AvgIpc) is 2.74. The van der Waals surface area contributed by atoms with Gasteiger partial charge in [0, 0.05) is 24.6 Å². The first-order valence-electron chi connectivity index (χ1n) is 8.13. The van der Waals surface area contributed by atoms with Crippen LogP contribution in [0.25, 0.3) is 0 Å². The molecular weight excluding hydrogens is 317 g/mol. The van der Waals surface area contributed by atoms with Gasteiger partial charge in [-0.2, -0.15) is 13.2 Å². The number of amidine groups is 1. The Morgan fingerprint density at radius 1 is 1.29 bits per heavy atom. The number of nitrogens with one attached hydrogen (secondary N) is 2. The monoisotopic (exact) mass is 340 g/mol. The second-order valence-corrected chi connectivity index (χ2v) is 6.11. The van der Waals surface area contributed by atoms with Crippen molar-refractivity contribution >= 4 is 17.2 Å². The summed E-state index contributed by atoms with van der Waals surface area (Å²) in [6, 6.07) is 8.78. The van der Waals surface area contributed by atoms with Crippen molar-refractivity contribution in [1.29, 1.82) is 5.41 Å². The van der Waals surface area contributed by atoms with E-state index in [9.17, 15) is 13.2 Å². The molecule has 2 atom stereocenters. The maximum Gasteiger partial charge on any atom is 0.429 e. The maximum atomic E-state index is 13.0. The minimum atomic E-state index is -4.62. The van der Waals surface area contributed by atoms with E-state index in [1.165, 1.54) is 0 Å². The van der Waals surface area contributed by atoms with E-state index in [4.69, 9.17) is 11.1 Å². The third kappa shape index (κ3) is 5.54. The minimum Gasteiger partial charge on any atom is -0.387 e. The molecule has 7 heteroatoms. The van der Waals surface area contributed by atoms with E-state index in [0.717, 1.165) is 18.5 Å². The SMILES string of the molecule is N=C(C(CNc1ccccc1)CC1CCCCC(N)=N1)C(F)(F)F. The van der Waals surface area contributed by atoms with Gasteiger partial charge < -0.3 is 16.5 Å². The third-order valence-electron chi connectivity index (χ3n) is 4.17. The average molecular weight is 340 g/mol. The van der Waals surface area contributed by atoms with Gasteiger partial charge in [0.05, 0.1) is 11.9 Å². The van der Waals surface area contributed by atoms with E-state index in [1.807, 2.05) is 18.2 Å². The molecule has 132 valence electrons. The van der Waals surface area contributed by atoms with Gasteiger partial charge in [0.15, 0.2) is 0 Å². The van der Waals surface area contributed by atoms with Crippen LogP contribution in [-0.2, 0) is 0 Å². The van der Waals surface area contributed by atoms with E-state index in [-0.39, 0.29) is 19.0 Å². The quantitative estimate of drug-likeness (QED) is 0.685. The first kappa shape index (κ1) is 18.3. The topological polar surface area (TPSA) is 74.3 Å². The summed E-state index contributed by atoms with van der Waals surface area (Å²) in [4.78, 5) is 4.34. The Morgan fingerprint density at radius 2 is 2.00 bits per heavy atom. The highest BCUT2D eigenvalue weighted by atomic mass is 19.4. The highest BCUT2D eigenvalue weighted by molar-refractivity contribution is 5.89. The molecule has 0 saturated heterocycles. The number of aliphatic imine (C=N–C) groups is 1. The van der Waals surface area contributed by atoms with Crippen LogP contribution >= 0.6 is 0 Å². The molecule has 2 rings (SSSR count). The molecular formula is C17H23F3N4. The largest absolute Gasteiger partial charge is 0.429 e. The predicted molar refractivity (Wildman–Crippen MR) is 90.7 cm³/mol. The second-order valence-electron chi connectivity index (χ2n) is 6.11. The van der Waals surface area contributed by atoms with E-state index in [2.05, 4.69) is 10.3 Å². The summed E-state index contributed by atoms with van der Waals surface area (Å²) in [5.41, 5.74) is 5.32. The fourth-order valence-electron chi connectivity index (χ4n) is 2.88. The molecule has 2 unspecified atom stereocenters. The van der Waals surface area contributed by atoms with Gasteiger partial charge in [-0.25, -0.2) is 0 Å². The number of halogens is 3. The summed E-state index contributed by atoms with van der Waals surface area (Å²) in [7, 11) is 0. The molecule has 24 heavy (non-hydrogen) atoms. The number of nitrogens with zero attached hydrogens (tertiary/aromatic N) is 1. The first-order chi connectivity index (χ1) is 11.4. The van der Waals surface area contributed by atoms with Crippen LogP contribution in [0.3, 0.4) is 0 Å². The minimum absolute atomic E-state index is 0.0499. The van der Waals surface area contributed by atoms with E-state index in [0.29, 0.717) is 18.7 Å². The molecule has 1 aliphatic rings. The number of alkyl halides is 3. The van der Waals surface area contributed by atoms with E-state index >= 15 is 0 Å². The zero-order chi connectivity index (χ0) is 17.6. The zero-order valence-corrected chi connectivity index (χ0v) is 13.4. The zero-order valence-electron chi connectivity index (χ0n) is 13.4. The highest BCUT2D eigenvalue weighted by Gasteiger charge is 2.40. The Labute approximate surface area is 139 Å². The Hall–Kier alpha value is -2.05. The van der Waals surface area contributed by atoms with Crippen LogP contribution in [0.15, 0.2) is 35.3 Å². The number of anilines is 1. The van der Waals surface area contributed by atoms with Gasteiger partial charge in [0.1, 0.15) is 5.71 Å². The van der Waals surface area contributed by atoms with Gasteiger partial charge in [0.25, 0.3) is 0 Å². The van der Waals surface area contributed by atoms with Crippen molar-refractivity contribution in [2.24, 2.45) is 16.6 Å². The molecule has 0 saturated carbocycles. The summed E-state index contributed by atoms with van der Waals surface area (Å²) in [6.45, 7) is 0.0499. The van der Waals surface area contributed by atoms with Crippen molar-refractivity contribution in [1.82, 2.24) is 0 Å². The Balaban J connectivity index is 2.07. The molecule has 4 nitrogen and oxygen atoms in total. The molecule has 1 aliphatic heterocycles. The van der Waals surface area contributed by atoms with Crippen molar-refractivity contribution in [3.05, 3.63) is 30.3 Å². The molecule has 0 radical (unpaired) electrons. The van der Waals surface area contributed by atoms with Crippen LogP contribution in [0, 0.1) is 11.3 Å². The number of para-hydroxylation sites is 1. The normalized spacial score (nSPS) is 20.0. The summed E-state index contributed by atoms with van der Waals surface area (Å²) in [5, 5.41) is 10.5. The number of rotatable bonds is 6. The second kappa shape index (κ2) is 8.17. The van der Waals surface area contributed by atoms with Gasteiger partial charge in [0.2, 0.25) is 0 Å². The van der Waals surface area contributed by atoms with Crippen LogP contribution in [0.4, 0.5) is 18.9 Å². The number of nitrogens with two attached hydrogens (primary N) is 1. The summed E-state index contributed by atoms with van der Waals surface area (Å²) in [6.07, 6.45) is -1.22. The van der Waals surface area contributed by atoms with Crippen molar-refractivity contribution < 1.29 is 13.2 Å². The van der Waals surface area contributed by atoms with Gasteiger partial charge in [-0.1, -0.05) is 24.6 Å². The van der Waals surface area contributed by atoms with Crippen LogP contribution < -0.4 is 11.1 Å². The summed E-state index contributed by atoms with van der Waals surface area (Å²) >= 11 is 0. The molecule has 4 N–H and O–H groups in total. The molecule has 0 fully saturated rings. The molecule has 0 bridgehead atoms. The smallest absolute Gasteiger partial charge is 0.387 e. The number of benzene rings is 1. The maximum absolute atomic E-state index is 13.0. The first-order valence-corrected chi connectivity index (χ1v) is 8.13. The molecule has 0 aromatic heterocycles.